The van der Waals surface area contributed by atoms with Crippen LogP contribution in [0.25, 0.3) is 0 Å². The van der Waals surface area contributed by atoms with Crippen LogP contribution in [0.3, 0.4) is 0 Å². The predicted molar refractivity (Wildman–Crippen MR) is 96.8 cm³/mol. The SMILES string of the molecule is CC.COc1nccc(C(C)C)c1Cl.COc1ncccc1C. The van der Waals surface area contributed by atoms with Gasteiger partial charge in [0.2, 0.25) is 11.8 Å². The van der Waals surface area contributed by atoms with Crippen molar-refractivity contribution in [3.63, 3.8) is 0 Å². The highest BCUT2D eigenvalue weighted by molar-refractivity contribution is 6.32. The van der Waals surface area contributed by atoms with Crippen LogP contribution >= 0.6 is 11.6 Å². The Morgan fingerprint density at radius 1 is 0.957 bits per heavy atom. The second-order valence-corrected chi connectivity index (χ2v) is 5.09. The molecular formula is C18H27ClN2O2. The fourth-order valence-electron chi connectivity index (χ4n) is 1.71. The van der Waals surface area contributed by atoms with E-state index in [1.165, 1.54) is 0 Å². The van der Waals surface area contributed by atoms with Crippen LogP contribution in [0.1, 0.15) is 44.7 Å². The van der Waals surface area contributed by atoms with E-state index < -0.39 is 0 Å². The maximum atomic E-state index is 6.02. The van der Waals surface area contributed by atoms with Crippen molar-refractivity contribution in [1.82, 2.24) is 9.97 Å². The molecule has 0 aliphatic carbocycles. The van der Waals surface area contributed by atoms with E-state index in [0.29, 0.717) is 22.7 Å². The largest absolute Gasteiger partial charge is 0.481 e. The van der Waals surface area contributed by atoms with Gasteiger partial charge < -0.3 is 9.47 Å². The van der Waals surface area contributed by atoms with Gasteiger partial charge >= 0.3 is 0 Å². The first kappa shape index (κ1) is 21.2. The summed E-state index contributed by atoms with van der Waals surface area (Å²) in [6.07, 6.45) is 3.42. The fraction of sp³-hybridized carbons (Fsp3) is 0.444. The quantitative estimate of drug-likeness (QED) is 0.762. The summed E-state index contributed by atoms with van der Waals surface area (Å²) in [6.45, 7) is 10.1. The molecule has 2 aromatic rings. The van der Waals surface area contributed by atoms with Gasteiger partial charge in [0.25, 0.3) is 0 Å². The van der Waals surface area contributed by atoms with E-state index in [4.69, 9.17) is 21.1 Å². The van der Waals surface area contributed by atoms with Crippen molar-refractivity contribution in [1.29, 1.82) is 0 Å². The average Bonchev–Trinajstić information content (AvgIpc) is 2.57. The lowest BCUT2D eigenvalue weighted by Crippen LogP contribution is -1.94. The van der Waals surface area contributed by atoms with Crippen molar-refractivity contribution in [2.45, 2.75) is 40.5 Å². The summed E-state index contributed by atoms with van der Waals surface area (Å²) in [7, 11) is 3.19. The Hall–Kier alpha value is -1.81. The van der Waals surface area contributed by atoms with E-state index in [0.717, 1.165) is 11.1 Å². The van der Waals surface area contributed by atoms with Crippen molar-refractivity contribution in [3.05, 3.63) is 46.7 Å². The predicted octanol–water partition coefficient (Wildman–Crippen LogP) is 5.29. The van der Waals surface area contributed by atoms with Crippen LogP contribution in [0, 0.1) is 6.92 Å². The molecule has 5 heteroatoms. The third-order valence-corrected chi connectivity index (χ3v) is 3.24. The summed E-state index contributed by atoms with van der Waals surface area (Å²) < 4.78 is 9.93. The van der Waals surface area contributed by atoms with Gasteiger partial charge in [-0.05, 0) is 30.5 Å². The maximum absolute atomic E-state index is 6.02. The highest BCUT2D eigenvalue weighted by Crippen LogP contribution is 2.30. The number of ether oxygens (including phenoxy) is 2. The van der Waals surface area contributed by atoms with Crippen molar-refractivity contribution >= 4 is 11.6 Å². The van der Waals surface area contributed by atoms with Crippen LogP contribution in [-0.2, 0) is 0 Å². The second kappa shape index (κ2) is 11.7. The minimum Gasteiger partial charge on any atom is -0.481 e. The van der Waals surface area contributed by atoms with Gasteiger partial charge in [0, 0.05) is 18.0 Å². The number of methoxy groups -OCH3 is 2. The van der Waals surface area contributed by atoms with E-state index in [2.05, 4.69) is 23.8 Å². The molecule has 2 rings (SSSR count). The van der Waals surface area contributed by atoms with E-state index in [1.54, 1.807) is 26.6 Å². The van der Waals surface area contributed by atoms with Crippen LogP contribution in [0.15, 0.2) is 30.6 Å². The van der Waals surface area contributed by atoms with Crippen molar-refractivity contribution < 1.29 is 9.47 Å². The molecule has 0 aliphatic heterocycles. The first-order chi connectivity index (χ1) is 11.0. The van der Waals surface area contributed by atoms with Crippen LogP contribution in [-0.4, -0.2) is 24.2 Å². The minimum atomic E-state index is 0.398. The summed E-state index contributed by atoms with van der Waals surface area (Å²) in [5, 5.41) is 0.620. The van der Waals surface area contributed by atoms with Crippen LogP contribution in [0.5, 0.6) is 11.8 Å². The zero-order chi connectivity index (χ0) is 17.8. The first-order valence-corrected chi connectivity index (χ1v) is 8.03. The lowest BCUT2D eigenvalue weighted by molar-refractivity contribution is 0.394. The van der Waals surface area contributed by atoms with E-state index >= 15 is 0 Å². The zero-order valence-electron chi connectivity index (χ0n) is 15.1. The molecule has 23 heavy (non-hydrogen) atoms. The molecule has 128 valence electrons. The molecule has 4 nitrogen and oxygen atoms in total. The monoisotopic (exact) mass is 338 g/mol. The van der Waals surface area contributed by atoms with Crippen molar-refractivity contribution in [2.75, 3.05) is 14.2 Å². The van der Waals surface area contributed by atoms with Gasteiger partial charge in [-0.1, -0.05) is 45.4 Å². The molecule has 2 heterocycles. The standard InChI is InChI=1S/C9H12ClNO.C7H9NO.C2H6/c1-6(2)7-4-5-11-9(12-3)8(7)10;1-6-4-3-5-8-7(6)9-2;1-2/h4-6H,1-3H3;3-5H,1-2H3;1-2H3. The summed E-state index contributed by atoms with van der Waals surface area (Å²) >= 11 is 6.02. The van der Waals surface area contributed by atoms with Gasteiger partial charge in [0.05, 0.1) is 14.2 Å². The van der Waals surface area contributed by atoms with Gasteiger partial charge in [-0.2, -0.15) is 0 Å². The topological polar surface area (TPSA) is 44.2 Å². The van der Waals surface area contributed by atoms with Crippen molar-refractivity contribution in [3.8, 4) is 11.8 Å². The van der Waals surface area contributed by atoms with Gasteiger partial charge in [-0.15, -0.1) is 0 Å². The second-order valence-electron chi connectivity index (χ2n) is 4.71. The lowest BCUT2D eigenvalue weighted by atomic mass is 10.1. The van der Waals surface area contributed by atoms with Crippen LogP contribution in [0.4, 0.5) is 0 Å². The Labute approximate surface area is 144 Å². The van der Waals surface area contributed by atoms with E-state index in [-0.39, 0.29) is 0 Å². The number of nitrogens with zero attached hydrogens (tertiary/aromatic N) is 2. The number of hydrogen-bond acceptors (Lipinski definition) is 4. The summed E-state index contributed by atoms with van der Waals surface area (Å²) in [6, 6.07) is 5.76. The Balaban J connectivity index is 0.000000392. The molecule has 0 radical (unpaired) electrons. The summed E-state index contributed by atoms with van der Waals surface area (Å²) in [5.41, 5.74) is 2.14. The molecule has 2 aromatic heterocycles. The molecule has 0 saturated carbocycles. The fourth-order valence-corrected chi connectivity index (χ4v) is 2.12. The number of aryl methyl sites for hydroxylation is 1. The molecule has 0 aromatic carbocycles. The van der Waals surface area contributed by atoms with Crippen LogP contribution < -0.4 is 9.47 Å². The Morgan fingerprint density at radius 3 is 1.96 bits per heavy atom. The van der Waals surface area contributed by atoms with Crippen LogP contribution in [0.2, 0.25) is 5.02 Å². The summed E-state index contributed by atoms with van der Waals surface area (Å²) in [4.78, 5) is 7.96. The molecule has 0 N–H and O–H groups in total. The molecule has 0 spiro atoms. The molecule has 0 bridgehead atoms. The number of rotatable bonds is 3. The molecular weight excluding hydrogens is 312 g/mol. The van der Waals surface area contributed by atoms with Gasteiger partial charge in [-0.3, -0.25) is 0 Å². The third-order valence-electron chi connectivity index (χ3n) is 2.86. The number of hydrogen-bond donors (Lipinski definition) is 0. The van der Waals surface area contributed by atoms with E-state index in [9.17, 15) is 0 Å². The Bertz CT molecular complexity index is 575. The highest BCUT2D eigenvalue weighted by Gasteiger charge is 2.09. The molecule has 0 atom stereocenters. The summed E-state index contributed by atoms with van der Waals surface area (Å²) in [5.74, 6) is 1.61. The molecule has 0 saturated heterocycles. The van der Waals surface area contributed by atoms with Crippen molar-refractivity contribution in [2.24, 2.45) is 0 Å². The Kier molecular flexibility index (Phi) is 10.8. The average molecular weight is 339 g/mol. The molecule has 0 amide bonds. The Morgan fingerprint density at radius 2 is 1.52 bits per heavy atom. The lowest BCUT2D eigenvalue weighted by Gasteiger charge is -2.09. The van der Waals surface area contributed by atoms with Gasteiger partial charge in [-0.25, -0.2) is 9.97 Å². The normalized spacial score (nSPS) is 9.26. The molecule has 0 fully saturated rings. The maximum Gasteiger partial charge on any atom is 0.232 e. The number of aromatic nitrogens is 2. The first-order valence-electron chi connectivity index (χ1n) is 7.65. The van der Waals surface area contributed by atoms with Gasteiger partial charge in [0.1, 0.15) is 5.02 Å². The minimum absolute atomic E-state index is 0.398. The highest BCUT2D eigenvalue weighted by atomic mass is 35.5. The third kappa shape index (κ3) is 6.87. The molecule has 0 unspecified atom stereocenters. The number of halogens is 1. The van der Waals surface area contributed by atoms with E-state index in [1.807, 2.05) is 39.0 Å². The number of pyridine rings is 2. The molecule has 0 aliphatic rings. The zero-order valence-corrected chi connectivity index (χ0v) is 15.8. The smallest absolute Gasteiger partial charge is 0.232 e. The van der Waals surface area contributed by atoms with Gasteiger partial charge in [0.15, 0.2) is 0 Å².